The molecule has 1 aliphatic heterocycles. The Hall–Kier alpha value is -0.610. The van der Waals surface area contributed by atoms with Gasteiger partial charge in [0, 0.05) is 19.1 Å². The standard InChI is InChI=1S/C15H28N2O2/c1-12(13-6-4-2-3-5-7-13)17-15(18)10-14-11-16-8-9-19-14/h12-14,16H,2-11H2,1H3,(H,17,18)/t12-,14?/m1/s1. The van der Waals surface area contributed by atoms with Crippen LogP contribution in [0, 0.1) is 5.92 Å². The van der Waals surface area contributed by atoms with Gasteiger partial charge in [-0.05, 0) is 25.7 Å². The first-order valence-corrected chi connectivity index (χ1v) is 7.87. The van der Waals surface area contributed by atoms with Gasteiger partial charge in [0.15, 0.2) is 0 Å². The molecule has 2 N–H and O–H groups in total. The Morgan fingerprint density at radius 2 is 2.05 bits per heavy atom. The normalized spacial score (nSPS) is 27.5. The van der Waals surface area contributed by atoms with Crippen molar-refractivity contribution in [2.45, 2.75) is 64.0 Å². The van der Waals surface area contributed by atoms with Gasteiger partial charge in [-0.3, -0.25) is 4.79 Å². The Bertz CT molecular complexity index is 269. The van der Waals surface area contributed by atoms with Crippen LogP contribution in [-0.2, 0) is 9.53 Å². The zero-order chi connectivity index (χ0) is 13.5. The highest BCUT2D eigenvalue weighted by Gasteiger charge is 2.22. The van der Waals surface area contributed by atoms with E-state index < -0.39 is 0 Å². The molecule has 0 spiro atoms. The van der Waals surface area contributed by atoms with Crippen molar-refractivity contribution < 1.29 is 9.53 Å². The fourth-order valence-electron chi connectivity index (χ4n) is 3.20. The summed E-state index contributed by atoms with van der Waals surface area (Å²) in [4.78, 5) is 12.0. The number of carbonyl (C=O) groups is 1. The topological polar surface area (TPSA) is 50.4 Å². The van der Waals surface area contributed by atoms with Crippen LogP contribution in [0.15, 0.2) is 0 Å². The lowest BCUT2D eigenvalue weighted by Gasteiger charge is -2.26. The zero-order valence-electron chi connectivity index (χ0n) is 12.1. The van der Waals surface area contributed by atoms with Gasteiger partial charge in [-0.15, -0.1) is 0 Å². The van der Waals surface area contributed by atoms with Crippen molar-refractivity contribution in [3.63, 3.8) is 0 Å². The molecule has 110 valence electrons. The number of carbonyl (C=O) groups excluding carboxylic acids is 1. The average Bonchev–Trinajstić information content (AvgIpc) is 2.68. The fraction of sp³-hybridized carbons (Fsp3) is 0.933. The van der Waals surface area contributed by atoms with E-state index in [1.54, 1.807) is 0 Å². The van der Waals surface area contributed by atoms with Gasteiger partial charge in [0.2, 0.25) is 5.91 Å². The molecule has 1 amide bonds. The summed E-state index contributed by atoms with van der Waals surface area (Å²) in [7, 11) is 0. The Kier molecular flexibility index (Phi) is 6.11. The van der Waals surface area contributed by atoms with Crippen LogP contribution >= 0.6 is 0 Å². The van der Waals surface area contributed by atoms with Crippen LogP contribution < -0.4 is 10.6 Å². The molecule has 1 saturated carbocycles. The maximum atomic E-state index is 12.0. The summed E-state index contributed by atoms with van der Waals surface area (Å²) in [5, 5.41) is 6.44. The van der Waals surface area contributed by atoms with Gasteiger partial charge >= 0.3 is 0 Å². The van der Waals surface area contributed by atoms with Crippen molar-refractivity contribution in [3.8, 4) is 0 Å². The zero-order valence-corrected chi connectivity index (χ0v) is 12.1. The minimum absolute atomic E-state index is 0.0510. The molecule has 2 fully saturated rings. The Morgan fingerprint density at radius 1 is 1.32 bits per heavy atom. The second kappa shape index (κ2) is 7.85. The lowest BCUT2D eigenvalue weighted by molar-refractivity contribution is -0.125. The summed E-state index contributed by atoms with van der Waals surface area (Å²) in [5.41, 5.74) is 0. The highest BCUT2D eigenvalue weighted by Crippen LogP contribution is 2.25. The van der Waals surface area contributed by atoms with Crippen LogP contribution in [0.3, 0.4) is 0 Å². The highest BCUT2D eigenvalue weighted by molar-refractivity contribution is 5.76. The van der Waals surface area contributed by atoms with Crippen LogP contribution in [0.25, 0.3) is 0 Å². The Labute approximate surface area is 116 Å². The minimum Gasteiger partial charge on any atom is -0.375 e. The van der Waals surface area contributed by atoms with E-state index in [0.717, 1.165) is 19.7 Å². The first-order chi connectivity index (χ1) is 9.25. The van der Waals surface area contributed by atoms with Crippen molar-refractivity contribution in [2.24, 2.45) is 5.92 Å². The summed E-state index contributed by atoms with van der Waals surface area (Å²) >= 11 is 0. The second-order valence-electron chi connectivity index (χ2n) is 6.01. The van der Waals surface area contributed by atoms with Gasteiger partial charge in [-0.1, -0.05) is 25.7 Å². The molecule has 1 aliphatic carbocycles. The van der Waals surface area contributed by atoms with Crippen molar-refractivity contribution >= 4 is 5.91 Å². The van der Waals surface area contributed by atoms with E-state index in [1.165, 1.54) is 38.5 Å². The van der Waals surface area contributed by atoms with Crippen molar-refractivity contribution in [1.82, 2.24) is 10.6 Å². The lowest BCUT2D eigenvalue weighted by atomic mass is 9.93. The third-order valence-corrected chi connectivity index (χ3v) is 4.41. The molecule has 2 rings (SSSR count). The molecular formula is C15H28N2O2. The Balaban J connectivity index is 1.70. The number of nitrogens with one attached hydrogen (secondary N) is 2. The summed E-state index contributed by atoms with van der Waals surface area (Å²) in [6, 6.07) is 0.308. The van der Waals surface area contributed by atoms with Gasteiger partial charge in [0.1, 0.15) is 0 Å². The van der Waals surface area contributed by atoms with E-state index >= 15 is 0 Å². The van der Waals surface area contributed by atoms with E-state index in [0.29, 0.717) is 18.4 Å². The molecule has 2 atom stereocenters. The van der Waals surface area contributed by atoms with Gasteiger partial charge < -0.3 is 15.4 Å². The molecule has 1 heterocycles. The van der Waals surface area contributed by atoms with E-state index in [4.69, 9.17) is 4.74 Å². The third-order valence-electron chi connectivity index (χ3n) is 4.41. The number of hydrogen-bond acceptors (Lipinski definition) is 3. The van der Waals surface area contributed by atoms with Crippen molar-refractivity contribution in [2.75, 3.05) is 19.7 Å². The van der Waals surface area contributed by atoms with Crippen molar-refractivity contribution in [1.29, 1.82) is 0 Å². The van der Waals surface area contributed by atoms with Crippen LogP contribution in [0.4, 0.5) is 0 Å². The first kappa shape index (κ1) is 14.8. The number of amides is 1. The van der Waals surface area contributed by atoms with Gasteiger partial charge in [-0.2, -0.15) is 0 Å². The van der Waals surface area contributed by atoms with E-state index in [2.05, 4.69) is 17.6 Å². The number of rotatable bonds is 4. The molecule has 0 aromatic rings. The molecule has 0 aromatic heterocycles. The van der Waals surface area contributed by atoms with Crippen LogP contribution in [0.2, 0.25) is 0 Å². The molecule has 1 saturated heterocycles. The second-order valence-corrected chi connectivity index (χ2v) is 6.01. The first-order valence-electron chi connectivity index (χ1n) is 7.87. The molecular weight excluding hydrogens is 240 g/mol. The largest absolute Gasteiger partial charge is 0.375 e. The van der Waals surface area contributed by atoms with E-state index in [9.17, 15) is 4.79 Å². The molecule has 0 radical (unpaired) electrons. The summed E-state index contributed by atoms with van der Waals surface area (Å²) in [5.74, 6) is 0.808. The fourth-order valence-corrected chi connectivity index (χ4v) is 3.20. The SMILES string of the molecule is C[C@@H](NC(=O)CC1CNCCO1)C1CCCCCC1. The summed E-state index contributed by atoms with van der Waals surface area (Å²) in [6.45, 7) is 4.58. The predicted molar refractivity (Wildman–Crippen MR) is 76.0 cm³/mol. The predicted octanol–water partition coefficient (Wildman–Crippen LogP) is 1.84. The lowest BCUT2D eigenvalue weighted by Crippen LogP contribution is -2.44. The Morgan fingerprint density at radius 3 is 2.68 bits per heavy atom. The van der Waals surface area contributed by atoms with Gasteiger partial charge in [0.05, 0.1) is 19.1 Å². The van der Waals surface area contributed by atoms with Crippen LogP contribution in [0.1, 0.15) is 51.9 Å². The smallest absolute Gasteiger partial charge is 0.222 e. The number of hydrogen-bond donors (Lipinski definition) is 2. The molecule has 0 aromatic carbocycles. The van der Waals surface area contributed by atoms with E-state index in [1.807, 2.05) is 0 Å². The van der Waals surface area contributed by atoms with E-state index in [-0.39, 0.29) is 12.0 Å². The monoisotopic (exact) mass is 268 g/mol. The minimum atomic E-state index is 0.0510. The molecule has 4 heteroatoms. The molecule has 0 bridgehead atoms. The number of morpholine rings is 1. The average molecular weight is 268 g/mol. The molecule has 4 nitrogen and oxygen atoms in total. The molecule has 2 aliphatic rings. The molecule has 19 heavy (non-hydrogen) atoms. The summed E-state index contributed by atoms with van der Waals surface area (Å²) in [6.07, 6.45) is 8.43. The van der Waals surface area contributed by atoms with Crippen LogP contribution in [0.5, 0.6) is 0 Å². The van der Waals surface area contributed by atoms with Crippen LogP contribution in [-0.4, -0.2) is 37.7 Å². The maximum Gasteiger partial charge on any atom is 0.222 e. The molecule has 1 unspecified atom stereocenters. The number of ether oxygens (including phenoxy) is 1. The van der Waals surface area contributed by atoms with Gasteiger partial charge in [0.25, 0.3) is 0 Å². The van der Waals surface area contributed by atoms with Crippen molar-refractivity contribution in [3.05, 3.63) is 0 Å². The maximum absolute atomic E-state index is 12.0. The summed E-state index contributed by atoms with van der Waals surface area (Å²) < 4.78 is 5.57. The quantitative estimate of drug-likeness (QED) is 0.765. The third kappa shape index (κ3) is 5.11. The highest BCUT2D eigenvalue weighted by atomic mass is 16.5. The van der Waals surface area contributed by atoms with Gasteiger partial charge in [-0.25, -0.2) is 0 Å².